The highest BCUT2D eigenvalue weighted by atomic mass is 16.3. The Labute approximate surface area is 94.7 Å². The first-order valence-electron chi connectivity index (χ1n) is 5.57. The van der Waals surface area contributed by atoms with Crippen molar-refractivity contribution in [1.82, 2.24) is 10.6 Å². The number of piperidine rings is 1. The molecule has 0 radical (unpaired) electrons. The van der Waals surface area contributed by atoms with Gasteiger partial charge < -0.3 is 15.1 Å². The zero-order chi connectivity index (χ0) is 11.2. The van der Waals surface area contributed by atoms with Gasteiger partial charge in [-0.05, 0) is 44.1 Å². The fourth-order valence-corrected chi connectivity index (χ4v) is 1.76. The number of hydrogen-bond donors (Lipinski definition) is 2. The van der Waals surface area contributed by atoms with E-state index in [1.165, 1.54) is 6.08 Å². The van der Waals surface area contributed by atoms with Gasteiger partial charge in [-0.1, -0.05) is 0 Å². The summed E-state index contributed by atoms with van der Waals surface area (Å²) in [5.41, 5.74) is 0. The van der Waals surface area contributed by atoms with Crippen LogP contribution >= 0.6 is 0 Å². The molecule has 1 fully saturated rings. The van der Waals surface area contributed by atoms with Crippen LogP contribution in [-0.2, 0) is 4.79 Å². The van der Waals surface area contributed by atoms with E-state index in [1.54, 1.807) is 18.4 Å². The molecule has 4 heteroatoms. The van der Waals surface area contributed by atoms with E-state index >= 15 is 0 Å². The molecule has 1 aromatic rings. The largest absolute Gasteiger partial charge is 0.465 e. The smallest absolute Gasteiger partial charge is 0.244 e. The van der Waals surface area contributed by atoms with Crippen molar-refractivity contribution in [2.45, 2.75) is 18.9 Å². The van der Waals surface area contributed by atoms with Crippen molar-refractivity contribution in [1.29, 1.82) is 0 Å². The molecule has 1 aliphatic rings. The summed E-state index contributed by atoms with van der Waals surface area (Å²) in [6.07, 6.45) is 6.78. The van der Waals surface area contributed by atoms with Gasteiger partial charge in [0.2, 0.25) is 5.91 Å². The van der Waals surface area contributed by atoms with E-state index in [0.29, 0.717) is 11.8 Å². The van der Waals surface area contributed by atoms with Crippen LogP contribution < -0.4 is 10.6 Å². The third-order valence-electron chi connectivity index (χ3n) is 2.63. The minimum atomic E-state index is -0.0525. The van der Waals surface area contributed by atoms with E-state index in [1.807, 2.05) is 6.07 Å². The number of hydrogen-bond acceptors (Lipinski definition) is 3. The number of rotatable bonds is 3. The highest BCUT2D eigenvalue weighted by Crippen LogP contribution is 2.04. The third-order valence-corrected chi connectivity index (χ3v) is 2.63. The Morgan fingerprint density at radius 1 is 1.50 bits per heavy atom. The summed E-state index contributed by atoms with van der Waals surface area (Å²) in [7, 11) is 0. The summed E-state index contributed by atoms with van der Waals surface area (Å²) in [5, 5.41) is 6.23. The Bertz CT molecular complexity index is 351. The Kier molecular flexibility index (Phi) is 3.77. The van der Waals surface area contributed by atoms with Crippen molar-refractivity contribution in [2.75, 3.05) is 13.1 Å². The molecular formula is C12H16N2O2. The van der Waals surface area contributed by atoms with E-state index < -0.39 is 0 Å². The van der Waals surface area contributed by atoms with Crippen LogP contribution in [0.1, 0.15) is 18.6 Å². The van der Waals surface area contributed by atoms with Crippen LogP contribution in [0, 0.1) is 0 Å². The summed E-state index contributed by atoms with van der Waals surface area (Å²) >= 11 is 0. The van der Waals surface area contributed by atoms with Crippen molar-refractivity contribution in [3.8, 4) is 0 Å². The van der Waals surface area contributed by atoms with E-state index in [9.17, 15) is 4.79 Å². The van der Waals surface area contributed by atoms with E-state index in [0.717, 1.165) is 25.9 Å². The minimum absolute atomic E-state index is 0.0525. The fraction of sp³-hybridized carbons (Fsp3) is 0.417. The van der Waals surface area contributed by atoms with Crippen LogP contribution in [-0.4, -0.2) is 25.0 Å². The third kappa shape index (κ3) is 3.24. The molecule has 0 aliphatic carbocycles. The zero-order valence-corrected chi connectivity index (χ0v) is 9.11. The molecule has 1 saturated heterocycles. The van der Waals surface area contributed by atoms with E-state index in [-0.39, 0.29) is 5.91 Å². The molecule has 2 N–H and O–H groups in total. The average molecular weight is 220 g/mol. The second kappa shape index (κ2) is 5.51. The predicted molar refractivity (Wildman–Crippen MR) is 61.8 cm³/mol. The van der Waals surface area contributed by atoms with Gasteiger partial charge in [-0.2, -0.15) is 0 Å². The number of furan rings is 1. The first kappa shape index (κ1) is 11.0. The van der Waals surface area contributed by atoms with Crippen LogP contribution in [0.2, 0.25) is 0 Å². The second-order valence-corrected chi connectivity index (χ2v) is 3.88. The Balaban J connectivity index is 1.79. The van der Waals surface area contributed by atoms with Crippen LogP contribution in [0.25, 0.3) is 6.08 Å². The molecule has 1 aliphatic heterocycles. The lowest BCUT2D eigenvalue weighted by atomic mass is 10.1. The van der Waals surface area contributed by atoms with Crippen molar-refractivity contribution < 1.29 is 9.21 Å². The standard InChI is InChI=1S/C12H16N2O2/c15-12(4-3-11-2-1-9-16-11)14-10-5-7-13-8-6-10/h1-4,9-10,13H,5-8H2,(H,14,15)/b4-3+. The van der Waals surface area contributed by atoms with E-state index in [2.05, 4.69) is 10.6 Å². The summed E-state index contributed by atoms with van der Waals surface area (Å²) in [4.78, 5) is 11.5. The quantitative estimate of drug-likeness (QED) is 0.752. The van der Waals surface area contributed by atoms with Gasteiger partial charge in [-0.3, -0.25) is 4.79 Å². The summed E-state index contributed by atoms with van der Waals surface area (Å²) in [6.45, 7) is 1.96. The molecule has 0 atom stereocenters. The number of nitrogens with one attached hydrogen (secondary N) is 2. The van der Waals surface area contributed by atoms with Crippen molar-refractivity contribution in [3.05, 3.63) is 30.2 Å². The molecule has 2 heterocycles. The molecule has 0 unspecified atom stereocenters. The lowest BCUT2D eigenvalue weighted by molar-refractivity contribution is -0.117. The monoisotopic (exact) mass is 220 g/mol. The summed E-state index contributed by atoms with van der Waals surface area (Å²) in [6, 6.07) is 3.91. The molecule has 0 aromatic carbocycles. The van der Waals surface area contributed by atoms with Crippen LogP contribution in [0.3, 0.4) is 0 Å². The second-order valence-electron chi connectivity index (χ2n) is 3.88. The van der Waals surface area contributed by atoms with Crippen LogP contribution in [0.5, 0.6) is 0 Å². The Morgan fingerprint density at radius 2 is 2.31 bits per heavy atom. The topological polar surface area (TPSA) is 54.3 Å². The summed E-state index contributed by atoms with van der Waals surface area (Å²) < 4.78 is 5.10. The van der Waals surface area contributed by atoms with Gasteiger partial charge in [0.25, 0.3) is 0 Å². The van der Waals surface area contributed by atoms with Gasteiger partial charge in [0, 0.05) is 12.1 Å². The molecule has 0 bridgehead atoms. The fourth-order valence-electron chi connectivity index (χ4n) is 1.76. The van der Waals surface area contributed by atoms with E-state index in [4.69, 9.17) is 4.42 Å². The molecule has 0 saturated carbocycles. The molecule has 1 aromatic heterocycles. The van der Waals surface area contributed by atoms with Gasteiger partial charge in [0.1, 0.15) is 5.76 Å². The maximum Gasteiger partial charge on any atom is 0.244 e. The highest BCUT2D eigenvalue weighted by Gasteiger charge is 2.13. The van der Waals surface area contributed by atoms with Gasteiger partial charge in [0.05, 0.1) is 6.26 Å². The normalized spacial score (nSPS) is 17.8. The minimum Gasteiger partial charge on any atom is -0.465 e. The van der Waals surface area contributed by atoms with Crippen LogP contribution in [0.15, 0.2) is 28.9 Å². The molecule has 86 valence electrons. The molecule has 4 nitrogen and oxygen atoms in total. The van der Waals surface area contributed by atoms with Gasteiger partial charge in [0.15, 0.2) is 0 Å². The van der Waals surface area contributed by atoms with Crippen molar-refractivity contribution in [3.63, 3.8) is 0 Å². The maximum absolute atomic E-state index is 11.5. The molecular weight excluding hydrogens is 204 g/mol. The maximum atomic E-state index is 11.5. The van der Waals surface area contributed by atoms with Crippen molar-refractivity contribution in [2.24, 2.45) is 0 Å². The zero-order valence-electron chi connectivity index (χ0n) is 9.11. The first-order valence-corrected chi connectivity index (χ1v) is 5.57. The SMILES string of the molecule is O=C(/C=C/c1ccco1)NC1CCNCC1. The van der Waals surface area contributed by atoms with Gasteiger partial charge in [-0.25, -0.2) is 0 Å². The molecule has 0 spiro atoms. The van der Waals surface area contributed by atoms with Gasteiger partial charge in [-0.15, -0.1) is 0 Å². The molecule has 16 heavy (non-hydrogen) atoms. The Morgan fingerprint density at radius 3 is 3.00 bits per heavy atom. The number of carbonyl (C=O) groups is 1. The van der Waals surface area contributed by atoms with Gasteiger partial charge >= 0.3 is 0 Å². The first-order chi connectivity index (χ1) is 7.84. The summed E-state index contributed by atoms with van der Waals surface area (Å²) in [5.74, 6) is 0.642. The van der Waals surface area contributed by atoms with Crippen molar-refractivity contribution >= 4 is 12.0 Å². The lowest BCUT2D eigenvalue weighted by Crippen LogP contribution is -2.42. The lowest BCUT2D eigenvalue weighted by Gasteiger charge is -2.22. The predicted octanol–water partition coefficient (Wildman–Crippen LogP) is 1.16. The molecule has 1 amide bonds. The number of amides is 1. The van der Waals surface area contributed by atoms with Crippen LogP contribution in [0.4, 0.5) is 0 Å². The molecule has 2 rings (SSSR count). The average Bonchev–Trinajstić information content (AvgIpc) is 2.81. The highest BCUT2D eigenvalue weighted by molar-refractivity contribution is 5.91. The number of carbonyl (C=O) groups excluding carboxylic acids is 1. The Hall–Kier alpha value is -1.55.